The van der Waals surface area contributed by atoms with Gasteiger partial charge in [0.15, 0.2) is 11.6 Å². The van der Waals surface area contributed by atoms with Crippen LogP contribution in [0.2, 0.25) is 0 Å². The number of aromatic amines is 2. The Kier molecular flexibility index (Phi) is 9.67. The molecular formula is C45H42N8O4. The summed E-state index contributed by atoms with van der Waals surface area (Å²) in [5.74, 6) is 4.86. The van der Waals surface area contributed by atoms with Gasteiger partial charge >= 0.3 is 0 Å². The lowest BCUT2D eigenvalue weighted by molar-refractivity contribution is 0.289. The first-order valence-corrected chi connectivity index (χ1v) is 19.4. The second-order valence-corrected chi connectivity index (χ2v) is 14.8. The van der Waals surface area contributed by atoms with E-state index in [9.17, 15) is 9.59 Å². The number of nitrogens with zero attached hydrogens (tertiary/aromatic N) is 6. The number of benzene rings is 4. The fourth-order valence-electron chi connectivity index (χ4n) is 7.43. The van der Waals surface area contributed by atoms with Crippen LogP contribution in [0, 0.1) is 13.8 Å². The maximum Gasteiger partial charge on any atom is 0.274 e. The molecule has 2 fully saturated rings. The van der Waals surface area contributed by atoms with Crippen molar-refractivity contribution in [3.05, 3.63) is 164 Å². The number of H-pyrrole nitrogens is 2. The first-order valence-electron chi connectivity index (χ1n) is 19.4. The molecule has 0 aliphatic heterocycles. The van der Waals surface area contributed by atoms with Crippen LogP contribution >= 0.6 is 0 Å². The van der Waals surface area contributed by atoms with Gasteiger partial charge in [-0.05, 0) is 74.6 Å². The van der Waals surface area contributed by atoms with Crippen molar-refractivity contribution in [1.82, 2.24) is 39.2 Å². The Morgan fingerprint density at radius 2 is 1.00 bits per heavy atom. The van der Waals surface area contributed by atoms with E-state index in [-0.39, 0.29) is 24.3 Å². The third-order valence-electron chi connectivity index (χ3n) is 10.7. The first kappa shape index (κ1) is 35.9. The second-order valence-electron chi connectivity index (χ2n) is 14.8. The lowest BCUT2D eigenvalue weighted by Crippen LogP contribution is -2.17. The normalized spacial score (nSPS) is 13.9. The zero-order chi connectivity index (χ0) is 38.9. The van der Waals surface area contributed by atoms with Gasteiger partial charge in [0.25, 0.3) is 22.7 Å². The molecule has 4 heterocycles. The van der Waals surface area contributed by atoms with Crippen LogP contribution in [0.5, 0.6) is 11.5 Å². The van der Waals surface area contributed by atoms with E-state index in [0.717, 1.165) is 22.6 Å². The van der Waals surface area contributed by atoms with Crippen molar-refractivity contribution in [2.75, 3.05) is 0 Å². The van der Waals surface area contributed by atoms with E-state index < -0.39 is 0 Å². The van der Waals surface area contributed by atoms with Crippen LogP contribution in [-0.2, 0) is 13.2 Å². The fraction of sp³-hybridized carbons (Fsp3) is 0.244. The van der Waals surface area contributed by atoms with Gasteiger partial charge in [0, 0.05) is 34.4 Å². The average Bonchev–Trinajstić information content (AvgIpc) is 3.78. The van der Waals surface area contributed by atoms with Gasteiger partial charge in [-0.3, -0.25) is 19.8 Å². The molecule has 0 bridgehead atoms. The summed E-state index contributed by atoms with van der Waals surface area (Å²) < 4.78 is 14.9. The monoisotopic (exact) mass is 758 g/mol. The molecule has 2 N–H and O–H groups in total. The number of hydrogen-bond donors (Lipinski definition) is 2. The molecule has 4 aromatic heterocycles. The summed E-state index contributed by atoms with van der Waals surface area (Å²) in [6.45, 7) is 4.73. The SMILES string of the molecule is Cc1cccc(OCc2cc(=O)n3[nH]c(-c4ccccc4)nc3n2)c1C1CC1.Cc1cccc(OCc2cc(=O)n3[nH]c(-c4ccccc4)nc3n2)c1C1CCC1. The van der Waals surface area contributed by atoms with Crippen LogP contribution in [0.1, 0.15) is 77.6 Å². The smallest absolute Gasteiger partial charge is 0.274 e. The van der Waals surface area contributed by atoms with Crippen LogP contribution in [-0.4, -0.2) is 39.2 Å². The molecule has 2 saturated carbocycles. The van der Waals surface area contributed by atoms with Gasteiger partial charge in [0.05, 0.1) is 11.4 Å². The number of aryl methyl sites for hydroxylation is 2. The summed E-state index contributed by atoms with van der Waals surface area (Å²) in [7, 11) is 0. The van der Waals surface area contributed by atoms with Crippen LogP contribution in [0.4, 0.5) is 0 Å². The highest BCUT2D eigenvalue weighted by molar-refractivity contribution is 5.57. The Balaban J connectivity index is 0.000000148. The number of ether oxygens (including phenoxy) is 2. The Morgan fingerprint density at radius 1 is 0.561 bits per heavy atom. The molecule has 0 unspecified atom stereocenters. The molecule has 10 rings (SSSR count). The maximum atomic E-state index is 12.5. The molecule has 12 nitrogen and oxygen atoms in total. The van der Waals surface area contributed by atoms with Crippen LogP contribution in [0.25, 0.3) is 34.3 Å². The van der Waals surface area contributed by atoms with Crippen molar-refractivity contribution in [2.24, 2.45) is 0 Å². The molecule has 0 spiro atoms. The summed E-state index contributed by atoms with van der Waals surface area (Å²) in [6.07, 6.45) is 6.12. The quantitative estimate of drug-likeness (QED) is 0.142. The zero-order valence-electron chi connectivity index (χ0n) is 31.8. The molecule has 2 aliphatic rings. The molecule has 286 valence electrons. The summed E-state index contributed by atoms with van der Waals surface area (Å²) in [4.78, 5) is 43.0. The van der Waals surface area contributed by atoms with Gasteiger partial charge in [0.1, 0.15) is 24.7 Å². The minimum Gasteiger partial charge on any atom is -0.487 e. The molecular weight excluding hydrogens is 717 g/mol. The third kappa shape index (κ3) is 7.58. The van der Waals surface area contributed by atoms with E-state index in [0.29, 0.717) is 46.4 Å². The minimum absolute atomic E-state index is 0.202. The number of hydrogen-bond acceptors (Lipinski definition) is 8. The summed E-state index contributed by atoms with van der Waals surface area (Å²) in [5.41, 5.74) is 7.63. The number of rotatable bonds is 10. The third-order valence-corrected chi connectivity index (χ3v) is 10.7. The predicted octanol–water partition coefficient (Wildman–Crippen LogP) is 8.09. The number of aromatic nitrogens is 8. The molecule has 12 heteroatoms. The van der Waals surface area contributed by atoms with E-state index in [2.05, 4.69) is 56.1 Å². The van der Waals surface area contributed by atoms with E-state index in [1.165, 1.54) is 75.5 Å². The lowest BCUT2D eigenvalue weighted by atomic mass is 9.78. The first-order chi connectivity index (χ1) is 27.9. The number of nitrogens with one attached hydrogen (secondary N) is 2. The van der Waals surface area contributed by atoms with Crippen molar-refractivity contribution in [1.29, 1.82) is 0 Å². The van der Waals surface area contributed by atoms with E-state index in [1.54, 1.807) is 0 Å². The highest BCUT2D eigenvalue weighted by atomic mass is 16.5. The molecule has 0 saturated heterocycles. The Labute approximate surface area is 328 Å². The Hall–Kier alpha value is -6.82. The Bertz CT molecular complexity index is 2820. The van der Waals surface area contributed by atoms with Crippen LogP contribution in [0.15, 0.2) is 119 Å². The van der Waals surface area contributed by atoms with Gasteiger partial charge in [-0.15, -0.1) is 0 Å². The molecule has 0 amide bonds. The molecule has 4 aromatic carbocycles. The highest BCUT2D eigenvalue weighted by Gasteiger charge is 2.28. The van der Waals surface area contributed by atoms with E-state index in [4.69, 9.17) is 9.47 Å². The summed E-state index contributed by atoms with van der Waals surface area (Å²) in [6, 6.07) is 34.6. The lowest BCUT2D eigenvalue weighted by Gasteiger charge is -2.29. The molecule has 0 radical (unpaired) electrons. The zero-order valence-corrected chi connectivity index (χ0v) is 31.8. The van der Waals surface area contributed by atoms with Crippen molar-refractivity contribution in [2.45, 2.75) is 71.0 Å². The van der Waals surface area contributed by atoms with Crippen LogP contribution < -0.4 is 20.6 Å². The molecule has 0 atom stereocenters. The van der Waals surface area contributed by atoms with Crippen molar-refractivity contribution in [3.63, 3.8) is 0 Å². The molecule has 57 heavy (non-hydrogen) atoms. The average molecular weight is 759 g/mol. The fourth-order valence-corrected chi connectivity index (χ4v) is 7.43. The maximum absolute atomic E-state index is 12.5. The van der Waals surface area contributed by atoms with Crippen LogP contribution in [0.3, 0.4) is 0 Å². The Morgan fingerprint density at radius 3 is 1.40 bits per heavy atom. The standard InChI is InChI=1S/C23H22N4O2.C22H20N4O2/c1-15-7-5-12-19(21(15)16-10-6-11-16)29-14-18-13-20(28)27-23(24-18)25-22(26-27)17-8-3-2-4-9-17;1-14-6-5-9-18(20(14)15-10-11-15)28-13-17-12-19(27)26-22(23-17)24-21(25-26)16-7-3-2-4-8-16/h2-5,7-9,12-13,16H,6,10-11,14H2,1H3,(H,24,25,26);2-9,12,15H,10-11,13H2,1H3,(H,23,24,25). The van der Waals surface area contributed by atoms with Crippen molar-refractivity contribution < 1.29 is 9.47 Å². The molecule has 8 aromatic rings. The van der Waals surface area contributed by atoms with E-state index in [1.807, 2.05) is 84.9 Å². The molecule has 2 aliphatic carbocycles. The summed E-state index contributed by atoms with van der Waals surface area (Å²) in [5, 5.41) is 6.03. The highest BCUT2D eigenvalue weighted by Crippen LogP contribution is 2.46. The summed E-state index contributed by atoms with van der Waals surface area (Å²) >= 11 is 0. The topological polar surface area (TPSA) is 145 Å². The number of fused-ring (bicyclic) bond motifs is 2. The van der Waals surface area contributed by atoms with Gasteiger partial charge < -0.3 is 9.47 Å². The van der Waals surface area contributed by atoms with Gasteiger partial charge in [-0.1, -0.05) is 91.3 Å². The van der Waals surface area contributed by atoms with Gasteiger partial charge in [0.2, 0.25) is 0 Å². The van der Waals surface area contributed by atoms with E-state index >= 15 is 0 Å². The van der Waals surface area contributed by atoms with Crippen molar-refractivity contribution >= 4 is 11.6 Å². The minimum atomic E-state index is -0.204. The van der Waals surface area contributed by atoms with Crippen molar-refractivity contribution in [3.8, 4) is 34.3 Å². The van der Waals surface area contributed by atoms with Gasteiger partial charge in [-0.25, -0.2) is 9.97 Å². The second kappa shape index (κ2) is 15.4. The van der Waals surface area contributed by atoms with Gasteiger partial charge in [-0.2, -0.15) is 19.0 Å². The predicted molar refractivity (Wildman–Crippen MR) is 218 cm³/mol. The largest absolute Gasteiger partial charge is 0.487 e.